The third-order valence-electron chi connectivity index (χ3n) is 3.01. The number of hydrogen-bond acceptors (Lipinski definition) is 3. The normalized spacial score (nSPS) is 10.5. The van der Waals surface area contributed by atoms with Crippen LogP contribution < -0.4 is 10.6 Å². The van der Waals surface area contributed by atoms with Gasteiger partial charge in [-0.2, -0.15) is 0 Å². The largest absolute Gasteiger partial charge is 0.467 e. The van der Waals surface area contributed by atoms with E-state index in [9.17, 15) is 9.18 Å². The van der Waals surface area contributed by atoms with Crippen LogP contribution in [0.4, 0.5) is 14.9 Å². The van der Waals surface area contributed by atoms with Gasteiger partial charge >= 0.3 is 6.03 Å². The van der Waals surface area contributed by atoms with E-state index in [2.05, 4.69) is 10.6 Å². The smallest absolute Gasteiger partial charge is 0.319 e. The Morgan fingerprint density at radius 3 is 2.95 bits per heavy atom. The first-order valence-electron chi connectivity index (χ1n) is 7.06. The van der Waals surface area contributed by atoms with Gasteiger partial charge in [0.05, 0.1) is 6.26 Å². The Hall–Kier alpha value is -2.34. The van der Waals surface area contributed by atoms with Crippen LogP contribution in [0, 0.1) is 12.7 Å². The predicted molar refractivity (Wildman–Crippen MR) is 81.1 cm³/mol. The summed E-state index contributed by atoms with van der Waals surface area (Å²) in [5.41, 5.74) is 1.27. The first kappa shape index (κ1) is 16.0. The molecule has 0 aliphatic heterocycles. The molecule has 0 bridgehead atoms. The Labute approximate surface area is 128 Å². The fraction of sp³-hybridized carbons (Fsp3) is 0.312. The number of carbonyl (C=O) groups excluding carboxylic acids is 1. The molecular weight excluding hydrogens is 287 g/mol. The van der Waals surface area contributed by atoms with Gasteiger partial charge in [0.25, 0.3) is 0 Å². The van der Waals surface area contributed by atoms with Crippen LogP contribution in [0.3, 0.4) is 0 Å². The van der Waals surface area contributed by atoms with Gasteiger partial charge in [0.2, 0.25) is 0 Å². The summed E-state index contributed by atoms with van der Waals surface area (Å²) in [5.74, 6) is 0.453. The van der Waals surface area contributed by atoms with E-state index in [1.165, 1.54) is 18.2 Å². The summed E-state index contributed by atoms with van der Waals surface area (Å²) in [7, 11) is 0. The fourth-order valence-electron chi connectivity index (χ4n) is 1.88. The zero-order valence-corrected chi connectivity index (χ0v) is 12.4. The van der Waals surface area contributed by atoms with Crippen molar-refractivity contribution < 1.29 is 18.3 Å². The van der Waals surface area contributed by atoms with Crippen LogP contribution >= 0.6 is 0 Å². The highest BCUT2D eigenvalue weighted by Gasteiger charge is 2.04. The van der Waals surface area contributed by atoms with E-state index in [1.54, 1.807) is 13.2 Å². The van der Waals surface area contributed by atoms with Crippen molar-refractivity contribution in [2.24, 2.45) is 0 Å². The van der Waals surface area contributed by atoms with E-state index >= 15 is 0 Å². The monoisotopic (exact) mass is 306 g/mol. The van der Waals surface area contributed by atoms with Gasteiger partial charge in [0, 0.05) is 18.8 Å². The highest BCUT2D eigenvalue weighted by Crippen LogP contribution is 2.15. The topological polar surface area (TPSA) is 63.5 Å². The molecule has 2 aromatic rings. The lowest BCUT2D eigenvalue weighted by Crippen LogP contribution is -2.30. The molecule has 118 valence electrons. The summed E-state index contributed by atoms with van der Waals surface area (Å²) in [6, 6.07) is 7.55. The SMILES string of the molecule is Cc1cc(F)ccc1NC(=O)NCCCOCc1ccco1. The third kappa shape index (κ3) is 5.21. The predicted octanol–water partition coefficient (Wildman–Crippen LogP) is 3.46. The zero-order valence-electron chi connectivity index (χ0n) is 12.4. The van der Waals surface area contributed by atoms with Gasteiger partial charge in [0.1, 0.15) is 18.2 Å². The van der Waals surface area contributed by atoms with Crippen LogP contribution in [0.25, 0.3) is 0 Å². The fourth-order valence-corrected chi connectivity index (χ4v) is 1.88. The van der Waals surface area contributed by atoms with E-state index in [0.717, 1.165) is 5.76 Å². The van der Waals surface area contributed by atoms with Crippen LogP contribution in [0.15, 0.2) is 41.0 Å². The van der Waals surface area contributed by atoms with Crippen LogP contribution in [-0.4, -0.2) is 19.2 Å². The van der Waals surface area contributed by atoms with E-state index < -0.39 is 0 Å². The Kier molecular flexibility index (Phi) is 5.97. The summed E-state index contributed by atoms with van der Waals surface area (Å²) in [5, 5.41) is 5.40. The summed E-state index contributed by atoms with van der Waals surface area (Å²) >= 11 is 0. The Balaban J connectivity index is 1.59. The molecular formula is C16H19FN2O3. The van der Waals surface area contributed by atoms with Crippen LogP contribution in [0.2, 0.25) is 0 Å². The first-order valence-corrected chi connectivity index (χ1v) is 7.06. The summed E-state index contributed by atoms with van der Waals surface area (Å²) < 4.78 is 23.5. The lowest BCUT2D eigenvalue weighted by molar-refractivity contribution is 0.104. The summed E-state index contributed by atoms with van der Waals surface area (Å²) in [6.45, 7) is 3.18. The van der Waals surface area contributed by atoms with E-state index in [4.69, 9.17) is 9.15 Å². The Morgan fingerprint density at radius 1 is 1.36 bits per heavy atom. The molecule has 0 fully saturated rings. The minimum atomic E-state index is -0.322. The molecule has 0 aliphatic carbocycles. The van der Waals surface area contributed by atoms with Crippen molar-refractivity contribution in [1.29, 1.82) is 0 Å². The van der Waals surface area contributed by atoms with Crippen molar-refractivity contribution in [3.05, 3.63) is 53.7 Å². The molecule has 6 heteroatoms. The molecule has 0 radical (unpaired) electrons. The molecule has 2 amide bonds. The van der Waals surface area contributed by atoms with Crippen molar-refractivity contribution in [1.82, 2.24) is 5.32 Å². The Morgan fingerprint density at radius 2 is 2.23 bits per heavy atom. The number of ether oxygens (including phenoxy) is 1. The maximum atomic E-state index is 13.0. The Bertz CT molecular complexity index is 599. The molecule has 2 N–H and O–H groups in total. The number of anilines is 1. The molecule has 0 unspecified atom stereocenters. The standard InChI is InChI=1S/C16H19FN2O3/c1-12-10-13(17)5-6-15(12)19-16(20)18-7-3-8-21-11-14-4-2-9-22-14/h2,4-6,9-10H,3,7-8,11H2,1H3,(H2,18,19,20). The summed E-state index contributed by atoms with van der Waals surface area (Å²) in [6.07, 6.45) is 2.29. The first-order chi connectivity index (χ1) is 10.6. The molecule has 1 heterocycles. The molecule has 0 aliphatic rings. The van der Waals surface area contributed by atoms with Gasteiger partial charge in [-0.05, 0) is 49.2 Å². The van der Waals surface area contributed by atoms with Crippen molar-refractivity contribution in [2.75, 3.05) is 18.5 Å². The van der Waals surface area contributed by atoms with Crippen LogP contribution in [0.5, 0.6) is 0 Å². The lowest BCUT2D eigenvalue weighted by atomic mass is 10.2. The van der Waals surface area contributed by atoms with Crippen LogP contribution in [0.1, 0.15) is 17.7 Å². The number of hydrogen-bond donors (Lipinski definition) is 2. The molecule has 0 saturated carbocycles. The molecule has 0 atom stereocenters. The molecule has 0 saturated heterocycles. The molecule has 2 rings (SSSR count). The minimum absolute atomic E-state index is 0.319. The van der Waals surface area contributed by atoms with Crippen molar-refractivity contribution in [3.63, 3.8) is 0 Å². The maximum Gasteiger partial charge on any atom is 0.319 e. The molecule has 1 aromatic heterocycles. The maximum absolute atomic E-state index is 13.0. The van der Waals surface area contributed by atoms with Gasteiger partial charge in [-0.25, -0.2) is 9.18 Å². The van der Waals surface area contributed by atoms with Crippen molar-refractivity contribution >= 4 is 11.7 Å². The number of urea groups is 1. The molecule has 5 nitrogen and oxygen atoms in total. The molecule has 22 heavy (non-hydrogen) atoms. The average molecular weight is 306 g/mol. The second-order valence-corrected chi connectivity index (χ2v) is 4.83. The van der Waals surface area contributed by atoms with E-state index in [-0.39, 0.29) is 11.8 Å². The van der Waals surface area contributed by atoms with Gasteiger partial charge in [0.15, 0.2) is 0 Å². The quantitative estimate of drug-likeness (QED) is 0.770. The highest BCUT2D eigenvalue weighted by atomic mass is 19.1. The van der Waals surface area contributed by atoms with Crippen molar-refractivity contribution in [2.45, 2.75) is 20.0 Å². The van der Waals surface area contributed by atoms with Gasteiger partial charge in [-0.3, -0.25) is 0 Å². The summed E-state index contributed by atoms with van der Waals surface area (Å²) in [4.78, 5) is 11.7. The molecule has 1 aromatic carbocycles. The number of nitrogens with one attached hydrogen (secondary N) is 2. The second kappa shape index (κ2) is 8.19. The van der Waals surface area contributed by atoms with Gasteiger partial charge in [-0.1, -0.05) is 0 Å². The van der Waals surface area contributed by atoms with Crippen molar-refractivity contribution in [3.8, 4) is 0 Å². The number of carbonyl (C=O) groups is 1. The highest BCUT2D eigenvalue weighted by molar-refractivity contribution is 5.89. The number of furan rings is 1. The average Bonchev–Trinajstić information content (AvgIpc) is 2.99. The number of aryl methyl sites for hydroxylation is 1. The van der Waals surface area contributed by atoms with Gasteiger partial charge in [-0.15, -0.1) is 0 Å². The number of benzene rings is 1. The number of amides is 2. The molecule has 0 spiro atoms. The minimum Gasteiger partial charge on any atom is -0.467 e. The number of halogens is 1. The second-order valence-electron chi connectivity index (χ2n) is 4.83. The zero-order chi connectivity index (χ0) is 15.8. The lowest BCUT2D eigenvalue weighted by Gasteiger charge is -2.10. The van der Waals surface area contributed by atoms with Crippen LogP contribution in [-0.2, 0) is 11.3 Å². The van der Waals surface area contributed by atoms with E-state index in [0.29, 0.717) is 37.4 Å². The third-order valence-corrected chi connectivity index (χ3v) is 3.01. The van der Waals surface area contributed by atoms with Gasteiger partial charge < -0.3 is 19.8 Å². The number of rotatable bonds is 7. The van der Waals surface area contributed by atoms with E-state index in [1.807, 2.05) is 12.1 Å².